The lowest BCUT2D eigenvalue weighted by Crippen LogP contribution is -2.48. The Kier molecular flexibility index (Phi) is 5.52. The van der Waals surface area contributed by atoms with Crippen molar-refractivity contribution < 1.29 is 9.18 Å². The third-order valence-corrected chi connectivity index (χ3v) is 6.10. The number of fused-ring (bicyclic) bond motifs is 1. The summed E-state index contributed by atoms with van der Waals surface area (Å²) in [4.78, 5) is 21.5. The first kappa shape index (κ1) is 19.8. The van der Waals surface area contributed by atoms with Crippen LogP contribution in [0.2, 0.25) is 5.02 Å². The number of nitrogens with zero attached hydrogens (tertiary/aromatic N) is 3. The van der Waals surface area contributed by atoms with Gasteiger partial charge in [-0.15, -0.1) is 0 Å². The number of aryl methyl sites for hydroxylation is 2. The summed E-state index contributed by atoms with van der Waals surface area (Å²) in [5.41, 5.74) is 3.79. The molecule has 0 bridgehead atoms. The lowest BCUT2D eigenvalue weighted by molar-refractivity contribution is 0.0626. The molecule has 0 unspecified atom stereocenters. The van der Waals surface area contributed by atoms with Gasteiger partial charge in [-0.2, -0.15) is 0 Å². The maximum absolute atomic E-state index is 13.8. The molecule has 2 aromatic carbocycles. The minimum atomic E-state index is -0.345. The molecule has 3 aromatic rings. The first-order valence-corrected chi connectivity index (χ1v) is 10.1. The summed E-state index contributed by atoms with van der Waals surface area (Å²) >= 11 is 6.59. The Balaban J connectivity index is 1.44. The zero-order valence-corrected chi connectivity index (χ0v) is 17.3. The molecule has 4 nitrogen and oxygen atoms in total. The molecular formula is C23H23ClFN3O. The van der Waals surface area contributed by atoms with E-state index in [0.717, 1.165) is 35.2 Å². The lowest BCUT2D eigenvalue weighted by Gasteiger charge is -2.34. The van der Waals surface area contributed by atoms with Crippen molar-refractivity contribution in [2.45, 2.75) is 20.4 Å². The fourth-order valence-electron chi connectivity index (χ4n) is 3.75. The SMILES string of the molecule is Cc1ccc(C(=O)N2CCN(Cc3nc4ccccc4c(C)c3Cl)CC2)cc1F. The first-order chi connectivity index (χ1) is 13.9. The van der Waals surface area contributed by atoms with Crippen LogP contribution in [0.4, 0.5) is 4.39 Å². The third-order valence-electron chi connectivity index (χ3n) is 5.60. The second-order valence-electron chi connectivity index (χ2n) is 7.55. The van der Waals surface area contributed by atoms with Gasteiger partial charge in [0.05, 0.1) is 16.2 Å². The van der Waals surface area contributed by atoms with Gasteiger partial charge in [-0.1, -0.05) is 35.9 Å². The van der Waals surface area contributed by atoms with E-state index in [1.54, 1.807) is 24.0 Å². The molecule has 1 aromatic heterocycles. The van der Waals surface area contributed by atoms with Crippen LogP contribution in [0.5, 0.6) is 0 Å². The van der Waals surface area contributed by atoms with Crippen LogP contribution in [0.25, 0.3) is 10.9 Å². The molecule has 1 saturated heterocycles. The zero-order valence-electron chi connectivity index (χ0n) is 16.6. The number of aromatic nitrogens is 1. The number of para-hydroxylation sites is 1. The van der Waals surface area contributed by atoms with Crippen LogP contribution >= 0.6 is 11.6 Å². The summed E-state index contributed by atoms with van der Waals surface area (Å²) < 4.78 is 13.8. The minimum Gasteiger partial charge on any atom is -0.336 e. The second kappa shape index (κ2) is 8.09. The second-order valence-corrected chi connectivity index (χ2v) is 7.92. The van der Waals surface area contributed by atoms with E-state index in [2.05, 4.69) is 4.90 Å². The van der Waals surface area contributed by atoms with Crippen molar-refractivity contribution in [1.29, 1.82) is 0 Å². The van der Waals surface area contributed by atoms with Crippen molar-refractivity contribution in [1.82, 2.24) is 14.8 Å². The van der Waals surface area contributed by atoms with E-state index in [0.29, 0.717) is 35.8 Å². The number of carbonyl (C=O) groups is 1. The van der Waals surface area contributed by atoms with E-state index in [1.165, 1.54) is 6.07 Å². The van der Waals surface area contributed by atoms with Crippen molar-refractivity contribution in [3.8, 4) is 0 Å². The maximum Gasteiger partial charge on any atom is 0.254 e. The molecule has 0 atom stereocenters. The summed E-state index contributed by atoms with van der Waals surface area (Å²) in [7, 11) is 0. The van der Waals surface area contributed by atoms with E-state index in [9.17, 15) is 9.18 Å². The number of carbonyl (C=O) groups excluding carboxylic acids is 1. The van der Waals surface area contributed by atoms with Gasteiger partial charge in [0.2, 0.25) is 0 Å². The zero-order chi connectivity index (χ0) is 20.5. The molecule has 1 fully saturated rings. The normalized spacial score (nSPS) is 15.1. The van der Waals surface area contributed by atoms with Crippen LogP contribution < -0.4 is 0 Å². The van der Waals surface area contributed by atoms with Crippen LogP contribution in [-0.4, -0.2) is 46.9 Å². The number of hydrogen-bond donors (Lipinski definition) is 0. The number of benzene rings is 2. The molecule has 29 heavy (non-hydrogen) atoms. The molecule has 0 N–H and O–H groups in total. The maximum atomic E-state index is 13.8. The van der Waals surface area contributed by atoms with E-state index < -0.39 is 0 Å². The Hall–Kier alpha value is -2.50. The van der Waals surface area contributed by atoms with E-state index >= 15 is 0 Å². The summed E-state index contributed by atoms with van der Waals surface area (Å²) in [6.07, 6.45) is 0. The molecule has 0 radical (unpaired) electrons. The van der Waals surface area contributed by atoms with Gasteiger partial charge in [0.1, 0.15) is 5.82 Å². The average molecular weight is 412 g/mol. The van der Waals surface area contributed by atoms with E-state index in [4.69, 9.17) is 16.6 Å². The summed E-state index contributed by atoms with van der Waals surface area (Å²) in [5.74, 6) is -0.469. The molecule has 0 aliphatic carbocycles. The van der Waals surface area contributed by atoms with Gasteiger partial charge >= 0.3 is 0 Å². The highest BCUT2D eigenvalue weighted by molar-refractivity contribution is 6.32. The van der Waals surface area contributed by atoms with Gasteiger partial charge in [-0.3, -0.25) is 9.69 Å². The molecular weight excluding hydrogens is 389 g/mol. The Bertz CT molecular complexity index is 1080. The van der Waals surface area contributed by atoms with Crippen molar-refractivity contribution in [3.63, 3.8) is 0 Å². The van der Waals surface area contributed by atoms with E-state index in [1.807, 2.05) is 31.2 Å². The number of hydrogen-bond acceptors (Lipinski definition) is 3. The van der Waals surface area contributed by atoms with Crippen LogP contribution in [0.3, 0.4) is 0 Å². The summed E-state index contributed by atoms with van der Waals surface area (Å²) in [6, 6.07) is 12.7. The molecule has 6 heteroatoms. The van der Waals surface area contributed by atoms with Gasteiger partial charge < -0.3 is 4.90 Å². The molecule has 0 spiro atoms. The van der Waals surface area contributed by atoms with Crippen LogP contribution in [0, 0.1) is 19.7 Å². The predicted octanol–water partition coefficient (Wildman–Crippen LogP) is 4.60. The Labute approximate surface area is 174 Å². The monoisotopic (exact) mass is 411 g/mol. The van der Waals surface area contributed by atoms with Gasteiger partial charge in [-0.25, -0.2) is 9.37 Å². The van der Waals surface area contributed by atoms with Gasteiger partial charge in [0, 0.05) is 43.7 Å². The van der Waals surface area contributed by atoms with Crippen molar-refractivity contribution in [2.75, 3.05) is 26.2 Å². The fourth-order valence-corrected chi connectivity index (χ4v) is 3.96. The highest BCUT2D eigenvalue weighted by Crippen LogP contribution is 2.28. The van der Waals surface area contributed by atoms with Crippen molar-refractivity contribution in [2.24, 2.45) is 0 Å². The van der Waals surface area contributed by atoms with Crippen LogP contribution in [0.15, 0.2) is 42.5 Å². The quantitative estimate of drug-likeness (QED) is 0.631. The van der Waals surface area contributed by atoms with Gasteiger partial charge in [0.25, 0.3) is 5.91 Å². The predicted molar refractivity (Wildman–Crippen MR) is 114 cm³/mol. The molecule has 1 aliphatic heterocycles. The summed E-state index contributed by atoms with van der Waals surface area (Å²) in [5, 5.41) is 1.78. The van der Waals surface area contributed by atoms with Gasteiger partial charge in [0.15, 0.2) is 0 Å². The highest BCUT2D eigenvalue weighted by Gasteiger charge is 2.24. The number of rotatable bonds is 3. The Morgan fingerprint density at radius 3 is 2.55 bits per heavy atom. The lowest BCUT2D eigenvalue weighted by atomic mass is 10.1. The smallest absolute Gasteiger partial charge is 0.254 e. The first-order valence-electron chi connectivity index (χ1n) is 9.75. The van der Waals surface area contributed by atoms with Crippen LogP contribution in [-0.2, 0) is 6.54 Å². The molecule has 2 heterocycles. The third kappa shape index (κ3) is 3.98. The Morgan fingerprint density at radius 1 is 1.10 bits per heavy atom. The molecule has 1 aliphatic rings. The molecule has 1 amide bonds. The van der Waals surface area contributed by atoms with Crippen molar-refractivity contribution in [3.05, 3.63) is 75.7 Å². The number of pyridine rings is 1. The minimum absolute atomic E-state index is 0.124. The molecule has 150 valence electrons. The Morgan fingerprint density at radius 2 is 1.83 bits per heavy atom. The average Bonchev–Trinajstić information content (AvgIpc) is 2.74. The van der Waals surface area contributed by atoms with E-state index in [-0.39, 0.29) is 11.7 Å². The van der Waals surface area contributed by atoms with Crippen LogP contribution in [0.1, 0.15) is 27.2 Å². The number of halogens is 2. The summed E-state index contributed by atoms with van der Waals surface area (Å²) in [6.45, 7) is 7.00. The molecule has 4 rings (SSSR count). The topological polar surface area (TPSA) is 36.4 Å². The van der Waals surface area contributed by atoms with Crippen molar-refractivity contribution >= 4 is 28.4 Å². The largest absolute Gasteiger partial charge is 0.336 e. The molecule has 0 saturated carbocycles. The number of amides is 1. The standard InChI is InChI=1S/C23H23ClFN3O/c1-15-7-8-17(13-19(15)25)23(29)28-11-9-27(10-12-28)14-21-22(24)16(2)18-5-3-4-6-20(18)26-21/h3-8,13H,9-12,14H2,1-2H3. The highest BCUT2D eigenvalue weighted by atomic mass is 35.5. The number of piperazine rings is 1. The van der Waals surface area contributed by atoms with Gasteiger partial charge in [-0.05, 0) is 43.2 Å². The fraction of sp³-hybridized carbons (Fsp3) is 0.304.